The second kappa shape index (κ2) is 5.75. The van der Waals surface area contributed by atoms with Gasteiger partial charge in [0.2, 0.25) is 0 Å². The lowest BCUT2D eigenvalue weighted by Crippen LogP contribution is -2.29. The first-order chi connectivity index (χ1) is 8.63. The standard InChI is InChI=1S/C12H10BrClFN3/c13-9-3-1-2-8(11(9)15)12(18-16)7-4-5-10(14)17-6-7/h1-6,12,18H,16H2. The Morgan fingerprint density at radius 3 is 2.72 bits per heavy atom. The number of hydrogen-bond acceptors (Lipinski definition) is 3. The molecule has 0 fully saturated rings. The van der Waals surface area contributed by atoms with Gasteiger partial charge in [0, 0.05) is 11.8 Å². The Labute approximate surface area is 117 Å². The summed E-state index contributed by atoms with van der Waals surface area (Å²) >= 11 is 8.87. The Balaban J connectivity index is 2.45. The van der Waals surface area contributed by atoms with E-state index < -0.39 is 6.04 Å². The van der Waals surface area contributed by atoms with Gasteiger partial charge in [0.15, 0.2) is 0 Å². The van der Waals surface area contributed by atoms with Gasteiger partial charge in [0.05, 0.1) is 10.5 Å². The van der Waals surface area contributed by atoms with Crippen LogP contribution in [0.25, 0.3) is 0 Å². The number of hydrogen-bond donors (Lipinski definition) is 2. The van der Waals surface area contributed by atoms with Gasteiger partial charge in [0.1, 0.15) is 11.0 Å². The first-order valence-electron chi connectivity index (χ1n) is 5.15. The number of halogens is 3. The van der Waals surface area contributed by atoms with Crippen molar-refractivity contribution in [3.63, 3.8) is 0 Å². The van der Waals surface area contributed by atoms with Crippen LogP contribution in [-0.2, 0) is 0 Å². The fraction of sp³-hybridized carbons (Fsp3) is 0.0833. The highest BCUT2D eigenvalue weighted by Crippen LogP contribution is 2.27. The zero-order chi connectivity index (χ0) is 13.1. The summed E-state index contributed by atoms with van der Waals surface area (Å²) < 4.78 is 14.4. The molecule has 1 aromatic carbocycles. The summed E-state index contributed by atoms with van der Waals surface area (Å²) in [6, 6.07) is 7.95. The third kappa shape index (κ3) is 2.70. The molecule has 1 heterocycles. The van der Waals surface area contributed by atoms with Crippen molar-refractivity contribution in [2.75, 3.05) is 0 Å². The first kappa shape index (κ1) is 13.4. The Morgan fingerprint density at radius 1 is 1.33 bits per heavy atom. The lowest BCUT2D eigenvalue weighted by atomic mass is 10.0. The predicted molar refractivity (Wildman–Crippen MR) is 72.5 cm³/mol. The smallest absolute Gasteiger partial charge is 0.142 e. The van der Waals surface area contributed by atoms with Crippen LogP contribution in [0, 0.1) is 5.82 Å². The molecule has 18 heavy (non-hydrogen) atoms. The van der Waals surface area contributed by atoms with Gasteiger partial charge in [-0.1, -0.05) is 29.8 Å². The van der Waals surface area contributed by atoms with Crippen LogP contribution in [0.5, 0.6) is 0 Å². The van der Waals surface area contributed by atoms with E-state index in [4.69, 9.17) is 17.4 Å². The number of aromatic nitrogens is 1. The highest BCUT2D eigenvalue weighted by Gasteiger charge is 2.18. The van der Waals surface area contributed by atoms with Crippen LogP contribution >= 0.6 is 27.5 Å². The predicted octanol–water partition coefficient (Wildman–Crippen LogP) is 3.19. The molecule has 0 saturated heterocycles. The number of pyridine rings is 1. The van der Waals surface area contributed by atoms with Gasteiger partial charge in [-0.05, 0) is 33.6 Å². The van der Waals surface area contributed by atoms with E-state index in [-0.39, 0.29) is 5.82 Å². The highest BCUT2D eigenvalue weighted by molar-refractivity contribution is 9.10. The maximum Gasteiger partial charge on any atom is 0.142 e. The average Bonchev–Trinajstić information content (AvgIpc) is 2.37. The summed E-state index contributed by atoms with van der Waals surface area (Å²) in [6.45, 7) is 0. The van der Waals surface area contributed by atoms with Crippen molar-refractivity contribution < 1.29 is 4.39 Å². The maximum absolute atomic E-state index is 14.0. The normalized spacial score (nSPS) is 12.4. The van der Waals surface area contributed by atoms with Gasteiger partial charge in [-0.2, -0.15) is 0 Å². The van der Waals surface area contributed by atoms with Crippen LogP contribution in [0.4, 0.5) is 4.39 Å². The topological polar surface area (TPSA) is 50.9 Å². The molecule has 2 aromatic rings. The molecule has 0 amide bonds. The van der Waals surface area contributed by atoms with Crippen LogP contribution in [0.15, 0.2) is 41.0 Å². The molecular formula is C12H10BrClFN3. The van der Waals surface area contributed by atoms with Crippen molar-refractivity contribution in [3.8, 4) is 0 Å². The van der Waals surface area contributed by atoms with Crippen LogP contribution in [-0.4, -0.2) is 4.98 Å². The molecule has 3 nitrogen and oxygen atoms in total. The second-order valence-corrected chi connectivity index (χ2v) is 4.90. The summed E-state index contributed by atoms with van der Waals surface area (Å²) in [5.41, 5.74) is 3.75. The molecule has 94 valence electrons. The zero-order valence-corrected chi connectivity index (χ0v) is 11.5. The molecule has 3 N–H and O–H groups in total. The average molecular weight is 331 g/mol. The van der Waals surface area contributed by atoms with Crippen molar-refractivity contribution in [2.24, 2.45) is 5.84 Å². The number of nitrogens with two attached hydrogens (primary N) is 1. The second-order valence-electron chi connectivity index (χ2n) is 3.66. The molecule has 1 atom stereocenters. The van der Waals surface area contributed by atoms with Crippen molar-refractivity contribution >= 4 is 27.5 Å². The number of nitrogens with one attached hydrogen (secondary N) is 1. The Bertz CT molecular complexity index is 548. The van der Waals surface area contributed by atoms with Gasteiger partial charge in [-0.3, -0.25) is 5.84 Å². The van der Waals surface area contributed by atoms with Crippen LogP contribution in [0.2, 0.25) is 5.15 Å². The minimum Gasteiger partial charge on any atom is -0.271 e. The monoisotopic (exact) mass is 329 g/mol. The van der Waals surface area contributed by atoms with E-state index in [1.54, 1.807) is 36.5 Å². The Kier molecular flexibility index (Phi) is 4.29. The lowest BCUT2D eigenvalue weighted by molar-refractivity contribution is 0.555. The van der Waals surface area contributed by atoms with Crippen molar-refractivity contribution in [3.05, 3.63) is 63.1 Å². The molecule has 0 aliphatic rings. The van der Waals surface area contributed by atoms with E-state index in [1.807, 2.05) is 0 Å². The molecule has 2 rings (SSSR count). The summed E-state index contributed by atoms with van der Waals surface area (Å²) in [7, 11) is 0. The molecule has 0 radical (unpaired) electrons. The number of benzene rings is 1. The van der Waals surface area contributed by atoms with Crippen molar-refractivity contribution in [1.82, 2.24) is 10.4 Å². The summed E-state index contributed by atoms with van der Waals surface area (Å²) in [5, 5.41) is 0.379. The highest BCUT2D eigenvalue weighted by atomic mass is 79.9. The van der Waals surface area contributed by atoms with E-state index >= 15 is 0 Å². The summed E-state index contributed by atoms with van der Waals surface area (Å²) in [5.74, 6) is 5.15. The first-order valence-corrected chi connectivity index (χ1v) is 6.32. The van der Waals surface area contributed by atoms with Crippen molar-refractivity contribution in [1.29, 1.82) is 0 Å². The molecule has 0 aliphatic carbocycles. The lowest BCUT2D eigenvalue weighted by Gasteiger charge is -2.17. The van der Waals surface area contributed by atoms with E-state index in [0.717, 1.165) is 5.56 Å². The molecule has 0 aliphatic heterocycles. The van der Waals surface area contributed by atoms with Gasteiger partial charge in [-0.25, -0.2) is 14.8 Å². The SMILES string of the molecule is NNC(c1ccc(Cl)nc1)c1cccc(Br)c1F. The van der Waals surface area contributed by atoms with E-state index in [1.165, 1.54) is 0 Å². The molecule has 0 saturated carbocycles. The number of hydrazine groups is 1. The summed E-state index contributed by atoms with van der Waals surface area (Å²) in [6.07, 6.45) is 1.56. The number of rotatable bonds is 3. The zero-order valence-electron chi connectivity index (χ0n) is 9.20. The van der Waals surface area contributed by atoms with Crippen LogP contribution in [0.1, 0.15) is 17.2 Å². The van der Waals surface area contributed by atoms with Gasteiger partial charge < -0.3 is 0 Å². The minimum absolute atomic E-state index is 0.351. The molecule has 1 unspecified atom stereocenters. The van der Waals surface area contributed by atoms with E-state index in [0.29, 0.717) is 15.2 Å². The molecule has 0 spiro atoms. The fourth-order valence-corrected chi connectivity index (χ4v) is 2.16. The van der Waals surface area contributed by atoms with Crippen LogP contribution in [0.3, 0.4) is 0 Å². The third-order valence-corrected chi connectivity index (χ3v) is 3.38. The van der Waals surface area contributed by atoms with Crippen molar-refractivity contribution in [2.45, 2.75) is 6.04 Å². The molecular weight excluding hydrogens is 321 g/mol. The van der Waals surface area contributed by atoms with E-state index in [2.05, 4.69) is 26.3 Å². The minimum atomic E-state index is -0.479. The largest absolute Gasteiger partial charge is 0.271 e. The Morgan fingerprint density at radius 2 is 2.11 bits per heavy atom. The third-order valence-electron chi connectivity index (χ3n) is 2.54. The molecule has 0 bridgehead atoms. The molecule has 6 heteroatoms. The van der Waals surface area contributed by atoms with Gasteiger partial charge in [0.25, 0.3) is 0 Å². The van der Waals surface area contributed by atoms with E-state index in [9.17, 15) is 4.39 Å². The Hall–Kier alpha value is -1.01. The quantitative estimate of drug-likeness (QED) is 0.516. The fourth-order valence-electron chi connectivity index (χ4n) is 1.67. The number of nitrogens with zero attached hydrogens (tertiary/aromatic N) is 1. The summed E-state index contributed by atoms with van der Waals surface area (Å²) in [4.78, 5) is 3.96. The molecule has 1 aromatic heterocycles. The van der Waals surface area contributed by atoms with Gasteiger partial charge in [-0.15, -0.1) is 0 Å². The van der Waals surface area contributed by atoms with Gasteiger partial charge >= 0.3 is 0 Å². The van der Waals surface area contributed by atoms with Crippen LogP contribution < -0.4 is 11.3 Å². The maximum atomic E-state index is 14.0.